The van der Waals surface area contributed by atoms with Gasteiger partial charge in [0.05, 0.1) is 18.1 Å². The maximum absolute atomic E-state index is 12.8. The van der Waals surface area contributed by atoms with E-state index in [0.717, 1.165) is 6.07 Å². The average Bonchev–Trinajstić information content (AvgIpc) is 2.34. The number of amides is 1. The highest BCUT2D eigenvalue weighted by Crippen LogP contribution is 2.32. The maximum Gasteiger partial charge on any atom is 0.416 e. The largest absolute Gasteiger partial charge is 0.416 e. The number of aliphatic hydroxyl groups is 1. The Morgan fingerprint density at radius 2 is 1.81 bits per heavy atom. The van der Waals surface area contributed by atoms with Gasteiger partial charge in [-0.05, 0) is 17.0 Å². The molecular formula is C15H20F3NO2. The van der Waals surface area contributed by atoms with E-state index in [1.165, 1.54) is 18.2 Å². The fourth-order valence-corrected chi connectivity index (χ4v) is 1.70. The molecule has 0 aliphatic rings. The van der Waals surface area contributed by atoms with Gasteiger partial charge < -0.3 is 10.4 Å². The van der Waals surface area contributed by atoms with Crippen molar-refractivity contribution in [2.75, 3.05) is 6.54 Å². The van der Waals surface area contributed by atoms with Gasteiger partial charge in [0.1, 0.15) is 0 Å². The van der Waals surface area contributed by atoms with Crippen molar-refractivity contribution >= 4 is 5.91 Å². The normalized spacial score (nSPS) is 13.9. The summed E-state index contributed by atoms with van der Waals surface area (Å²) in [6.07, 6.45) is -5.62. The molecule has 0 fully saturated rings. The van der Waals surface area contributed by atoms with E-state index in [9.17, 15) is 23.1 Å². The van der Waals surface area contributed by atoms with Gasteiger partial charge in [-0.2, -0.15) is 13.2 Å². The molecule has 1 rings (SSSR count). The van der Waals surface area contributed by atoms with Crippen molar-refractivity contribution in [2.45, 2.75) is 39.5 Å². The number of alkyl halides is 3. The molecule has 2 N–H and O–H groups in total. The van der Waals surface area contributed by atoms with Gasteiger partial charge in [0.15, 0.2) is 0 Å². The first kappa shape index (κ1) is 17.5. The van der Waals surface area contributed by atoms with Crippen LogP contribution in [0.1, 0.15) is 31.9 Å². The number of halogens is 3. The summed E-state index contributed by atoms with van der Waals surface area (Å²) in [6, 6.07) is 4.98. The van der Waals surface area contributed by atoms with E-state index in [2.05, 4.69) is 5.32 Å². The van der Waals surface area contributed by atoms with Crippen molar-refractivity contribution < 1.29 is 23.1 Å². The number of benzene rings is 1. The Kier molecular flexibility index (Phi) is 5.39. The Labute approximate surface area is 122 Å². The molecule has 1 amide bonds. The van der Waals surface area contributed by atoms with Gasteiger partial charge in [0.2, 0.25) is 5.91 Å². The lowest BCUT2D eigenvalue weighted by Crippen LogP contribution is -2.39. The number of carbonyl (C=O) groups is 1. The van der Waals surface area contributed by atoms with Crippen LogP contribution in [0.15, 0.2) is 24.3 Å². The summed E-state index contributed by atoms with van der Waals surface area (Å²) >= 11 is 0. The summed E-state index contributed by atoms with van der Waals surface area (Å²) < 4.78 is 38.4. The molecule has 1 unspecified atom stereocenters. The van der Waals surface area contributed by atoms with Crippen LogP contribution in [0.3, 0.4) is 0 Å². The molecule has 1 atom stereocenters. The van der Waals surface area contributed by atoms with Crippen LogP contribution < -0.4 is 5.32 Å². The number of rotatable bonds is 4. The Hall–Kier alpha value is -1.56. The lowest BCUT2D eigenvalue weighted by molar-refractivity contribution is -0.138. The zero-order valence-corrected chi connectivity index (χ0v) is 12.3. The lowest BCUT2D eigenvalue weighted by Gasteiger charge is -2.26. The number of carbonyl (C=O) groups excluding carboxylic acids is 1. The van der Waals surface area contributed by atoms with Crippen molar-refractivity contribution in [3.05, 3.63) is 35.4 Å². The second kappa shape index (κ2) is 6.47. The van der Waals surface area contributed by atoms with Crippen LogP contribution in [0.2, 0.25) is 0 Å². The van der Waals surface area contributed by atoms with Crippen molar-refractivity contribution in [1.29, 1.82) is 0 Å². The summed E-state index contributed by atoms with van der Waals surface area (Å²) in [4.78, 5) is 11.7. The van der Waals surface area contributed by atoms with Crippen LogP contribution in [0.4, 0.5) is 13.2 Å². The summed E-state index contributed by atoms with van der Waals surface area (Å²) in [5.74, 6) is -0.546. The van der Waals surface area contributed by atoms with Crippen molar-refractivity contribution in [1.82, 2.24) is 5.32 Å². The van der Waals surface area contributed by atoms with E-state index in [0.29, 0.717) is 0 Å². The summed E-state index contributed by atoms with van der Waals surface area (Å²) in [5.41, 5.74) is -1.29. The van der Waals surface area contributed by atoms with Crippen molar-refractivity contribution in [2.24, 2.45) is 5.41 Å². The first-order valence-corrected chi connectivity index (χ1v) is 6.61. The SMILES string of the molecule is CC(C)(C)C(O)CNC(=O)Cc1ccccc1C(F)(F)F. The molecule has 0 radical (unpaired) electrons. The van der Waals surface area contributed by atoms with Gasteiger partial charge in [0, 0.05) is 6.54 Å². The minimum Gasteiger partial charge on any atom is -0.391 e. The smallest absolute Gasteiger partial charge is 0.391 e. The molecule has 0 aliphatic heterocycles. The zero-order valence-electron chi connectivity index (χ0n) is 12.3. The molecule has 0 saturated carbocycles. The third-order valence-corrected chi connectivity index (χ3v) is 3.17. The summed E-state index contributed by atoms with van der Waals surface area (Å²) in [6.45, 7) is 5.44. The molecule has 1 aromatic carbocycles. The molecule has 0 saturated heterocycles. The van der Waals surface area contributed by atoms with Gasteiger partial charge in [-0.15, -0.1) is 0 Å². The van der Waals surface area contributed by atoms with Gasteiger partial charge in [0.25, 0.3) is 0 Å². The quantitative estimate of drug-likeness (QED) is 0.898. The number of hydrogen-bond donors (Lipinski definition) is 2. The Balaban J connectivity index is 2.69. The molecule has 0 aromatic heterocycles. The van der Waals surface area contributed by atoms with Gasteiger partial charge in [-0.25, -0.2) is 0 Å². The van der Waals surface area contributed by atoms with Crippen LogP contribution in [-0.2, 0) is 17.4 Å². The second-order valence-electron chi connectivity index (χ2n) is 6.02. The molecule has 0 spiro atoms. The van der Waals surface area contributed by atoms with Crippen molar-refractivity contribution in [3.8, 4) is 0 Å². The Morgan fingerprint density at radius 3 is 2.33 bits per heavy atom. The van der Waals surface area contributed by atoms with E-state index in [1.54, 1.807) is 0 Å². The third kappa shape index (κ3) is 5.38. The fourth-order valence-electron chi connectivity index (χ4n) is 1.70. The van der Waals surface area contributed by atoms with Crippen molar-refractivity contribution in [3.63, 3.8) is 0 Å². The minimum atomic E-state index is -4.48. The van der Waals surface area contributed by atoms with E-state index in [1.807, 2.05) is 20.8 Å². The van der Waals surface area contributed by atoms with Crippen LogP contribution in [0, 0.1) is 5.41 Å². The van der Waals surface area contributed by atoms with Crippen LogP contribution >= 0.6 is 0 Å². The van der Waals surface area contributed by atoms with Gasteiger partial charge >= 0.3 is 6.18 Å². The molecule has 6 heteroatoms. The first-order valence-electron chi connectivity index (χ1n) is 6.61. The molecule has 118 valence electrons. The highest BCUT2D eigenvalue weighted by Gasteiger charge is 2.33. The molecule has 0 heterocycles. The standard InChI is InChI=1S/C15H20F3NO2/c1-14(2,3)12(20)9-19-13(21)8-10-6-4-5-7-11(10)15(16,17)18/h4-7,12,20H,8-9H2,1-3H3,(H,19,21). The van der Waals surface area contributed by atoms with E-state index in [4.69, 9.17) is 0 Å². The van der Waals surface area contributed by atoms with Crippen LogP contribution in [0.25, 0.3) is 0 Å². The molecule has 3 nitrogen and oxygen atoms in total. The highest BCUT2D eigenvalue weighted by molar-refractivity contribution is 5.79. The minimum absolute atomic E-state index is 0.0104. The lowest BCUT2D eigenvalue weighted by atomic mass is 9.89. The number of hydrogen-bond acceptors (Lipinski definition) is 2. The maximum atomic E-state index is 12.8. The molecule has 0 bridgehead atoms. The highest BCUT2D eigenvalue weighted by atomic mass is 19.4. The predicted molar refractivity (Wildman–Crippen MR) is 73.6 cm³/mol. The fraction of sp³-hybridized carbons (Fsp3) is 0.533. The van der Waals surface area contributed by atoms with Gasteiger partial charge in [-0.1, -0.05) is 39.0 Å². The van der Waals surface area contributed by atoms with E-state index >= 15 is 0 Å². The first-order chi connectivity index (χ1) is 9.51. The Morgan fingerprint density at radius 1 is 1.24 bits per heavy atom. The second-order valence-corrected chi connectivity index (χ2v) is 6.02. The van der Waals surface area contributed by atoms with E-state index < -0.39 is 29.2 Å². The zero-order chi connectivity index (χ0) is 16.3. The summed E-state index contributed by atoms with van der Waals surface area (Å²) in [7, 11) is 0. The number of nitrogens with one attached hydrogen (secondary N) is 1. The topological polar surface area (TPSA) is 49.3 Å². The molecular weight excluding hydrogens is 283 g/mol. The van der Waals surface area contributed by atoms with Crippen LogP contribution in [0.5, 0.6) is 0 Å². The molecule has 0 aliphatic carbocycles. The van der Waals surface area contributed by atoms with Crippen LogP contribution in [-0.4, -0.2) is 23.7 Å². The third-order valence-electron chi connectivity index (χ3n) is 3.17. The predicted octanol–water partition coefficient (Wildman–Crippen LogP) is 2.77. The number of aliphatic hydroxyl groups excluding tert-OH is 1. The summed E-state index contributed by atoms with van der Waals surface area (Å²) in [5, 5.41) is 12.2. The monoisotopic (exact) mass is 303 g/mol. The Bertz CT molecular complexity index is 492. The van der Waals surface area contributed by atoms with E-state index in [-0.39, 0.29) is 18.5 Å². The molecule has 21 heavy (non-hydrogen) atoms. The van der Waals surface area contributed by atoms with Gasteiger partial charge in [-0.3, -0.25) is 4.79 Å². The molecule has 1 aromatic rings. The average molecular weight is 303 g/mol.